The van der Waals surface area contributed by atoms with Crippen molar-refractivity contribution in [1.29, 1.82) is 0 Å². The van der Waals surface area contributed by atoms with Crippen LogP contribution in [-0.2, 0) is 9.53 Å². The third-order valence-electron chi connectivity index (χ3n) is 2.05. The van der Waals surface area contributed by atoms with Crippen LogP contribution in [0.25, 0.3) is 0 Å². The van der Waals surface area contributed by atoms with Gasteiger partial charge in [0.2, 0.25) is 0 Å². The lowest BCUT2D eigenvalue weighted by Gasteiger charge is -2.32. The molecule has 1 rings (SSSR count). The smallest absolute Gasteiger partial charge is 0.411 e. The molecule has 0 aliphatic carbocycles. The van der Waals surface area contributed by atoms with Gasteiger partial charge in [0.15, 0.2) is 5.78 Å². The van der Waals surface area contributed by atoms with Gasteiger partial charge >= 0.3 is 6.09 Å². The van der Waals surface area contributed by atoms with E-state index in [1.807, 2.05) is 0 Å². The number of aliphatic hydroxyl groups excluding tert-OH is 1. The minimum absolute atomic E-state index is 0.0450. The van der Waals surface area contributed by atoms with Gasteiger partial charge in [-0.3, -0.25) is 9.69 Å². The fraction of sp³-hybridized carbons (Fsp3) is 0.636. The molecule has 1 N–H and O–H groups in total. The molecule has 0 radical (unpaired) electrons. The van der Waals surface area contributed by atoms with E-state index in [0.29, 0.717) is 0 Å². The number of amides is 1. The summed E-state index contributed by atoms with van der Waals surface area (Å²) in [5.74, 6) is -0.171. The fourth-order valence-electron chi connectivity index (χ4n) is 1.34. The van der Waals surface area contributed by atoms with Crippen molar-refractivity contribution >= 4 is 11.9 Å². The highest BCUT2D eigenvalue weighted by Gasteiger charge is 2.30. The Morgan fingerprint density at radius 3 is 2.75 bits per heavy atom. The normalized spacial score (nSPS) is 21.1. The summed E-state index contributed by atoms with van der Waals surface area (Å²) in [6.07, 6.45) is 2.31. The Bertz CT molecular complexity index is 316. The molecule has 0 bridgehead atoms. The van der Waals surface area contributed by atoms with Crippen molar-refractivity contribution in [2.75, 3.05) is 13.2 Å². The highest BCUT2D eigenvalue weighted by Crippen LogP contribution is 2.14. The quantitative estimate of drug-likeness (QED) is 0.717. The first kappa shape index (κ1) is 12.7. The first-order chi connectivity index (χ1) is 7.33. The van der Waals surface area contributed by atoms with Gasteiger partial charge in [0.25, 0.3) is 0 Å². The van der Waals surface area contributed by atoms with E-state index >= 15 is 0 Å². The van der Waals surface area contributed by atoms with Crippen LogP contribution in [0.3, 0.4) is 0 Å². The summed E-state index contributed by atoms with van der Waals surface area (Å²) >= 11 is 0. The summed E-state index contributed by atoms with van der Waals surface area (Å²) in [5.41, 5.74) is -0.610. The lowest BCUT2D eigenvalue weighted by Crippen LogP contribution is -2.48. The number of nitrogens with zero attached hydrogens (tertiary/aromatic N) is 1. The van der Waals surface area contributed by atoms with Crippen LogP contribution in [0.2, 0.25) is 0 Å². The number of aliphatic hydroxyl groups is 1. The molecule has 5 heteroatoms. The minimum atomic E-state index is -0.610. The zero-order valence-corrected chi connectivity index (χ0v) is 9.77. The number of carbonyl (C=O) groups is 2. The molecule has 0 aromatic rings. The summed E-state index contributed by atoms with van der Waals surface area (Å²) in [7, 11) is 0. The molecule has 0 spiro atoms. The van der Waals surface area contributed by atoms with E-state index in [-0.39, 0.29) is 18.9 Å². The highest BCUT2D eigenvalue weighted by molar-refractivity contribution is 5.94. The number of hydrogen-bond donors (Lipinski definition) is 1. The van der Waals surface area contributed by atoms with Crippen LogP contribution in [0.1, 0.15) is 20.8 Å². The molecule has 0 aromatic heterocycles. The van der Waals surface area contributed by atoms with Crippen molar-refractivity contribution in [1.82, 2.24) is 4.90 Å². The summed E-state index contributed by atoms with van der Waals surface area (Å²) in [6, 6.07) is -0.479. The molecule has 16 heavy (non-hydrogen) atoms. The largest absolute Gasteiger partial charge is 0.444 e. The van der Waals surface area contributed by atoms with Crippen LogP contribution in [0, 0.1) is 0 Å². The molecule has 0 saturated heterocycles. The second-order valence-corrected chi connectivity index (χ2v) is 4.68. The average Bonchev–Trinajstić information content (AvgIpc) is 2.15. The standard InChI is InChI=1S/C11H17NO4/c1-11(2,3)16-10(15)12-6-9(14)5-4-8(12)7-13/h4-5,8,13H,6-7H2,1-3H3/t8-/m0/s1. The van der Waals surface area contributed by atoms with E-state index in [1.54, 1.807) is 20.8 Å². The van der Waals surface area contributed by atoms with Gasteiger partial charge in [-0.25, -0.2) is 4.79 Å². The Hall–Kier alpha value is -1.36. The average molecular weight is 227 g/mol. The van der Waals surface area contributed by atoms with Gasteiger partial charge in [-0.15, -0.1) is 0 Å². The van der Waals surface area contributed by atoms with Crippen molar-refractivity contribution in [3.05, 3.63) is 12.2 Å². The second-order valence-electron chi connectivity index (χ2n) is 4.68. The molecule has 1 aliphatic heterocycles. The zero-order chi connectivity index (χ0) is 12.3. The van der Waals surface area contributed by atoms with Crippen LogP contribution in [0.15, 0.2) is 12.2 Å². The van der Waals surface area contributed by atoms with Crippen LogP contribution in [-0.4, -0.2) is 46.7 Å². The van der Waals surface area contributed by atoms with Gasteiger partial charge in [0.05, 0.1) is 19.2 Å². The fourth-order valence-corrected chi connectivity index (χ4v) is 1.34. The van der Waals surface area contributed by atoms with Crippen molar-refractivity contribution in [2.24, 2.45) is 0 Å². The van der Waals surface area contributed by atoms with Gasteiger partial charge < -0.3 is 9.84 Å². The zero-order valence-electron chi connectivity index (χ0n) is 9.77. The number of hydrogen-bond acceptors (Lipinski definition) is 4. The lowest BCUT2D eigenvalue weighted by molar-refractivity contribution is -0.117. The SMILES string of the molecule is CC(C)(C)OC(=O)N1CC(=O)C=C[C@H]1CO. The van der Waals surface area contributed by atoms with E-state index < -0.39 is 17.7 Å². The molecule has 1 atom stereocenters. The van der Waals surface area contributed by atoms with Crippen LogP contribution < -0.4 is 0 Å². The summed E-state index contributed by atoms with van der Waals surface area (Å²) in [4.78, 5) is 24.2. The molecule has 0 saturated carbocycles. The maximum atomic E-state index is 11.7. The van der Waals surface area contributed by atoms with Crippen molar-refractivity contribution < 1.29 is 19.4 Å². The van der Waals surface area contributed by atoms with Crippen molar-refractivity contribution in [3.8, 4) is 0 Å². The minimum Gasteiger partial charge on any atom is -0.444 e. The van der Waals surface area contributed by atoms with Gasteiger partial charge in [0.1, 0.15) is 5.60 Å². The predicted molar refractivity (Wildman–Crippen MR) is 58.0 cm³/mol. The van der Waals surface area contributed by atoms with Gasteiger partial charge in [0, 0.05) is 0 Å². The van der Waals surface area contributed by atoms with Crippen LogP contribution >= 0.6 is 0 Å². The third-order valence-corrected chi connectivity index (χ3v) is 2.05. The van der Waals surface area contributed by atoms with E-state index in [9.17, 15) is 9.59 Å². The van der Waals surface area contributed by atoms with Crippen molar-refractivity contribution in [3.63, 3.8) is 0 Å². The molecule has 1 aliphatic rings. The van der Waals surface area contributed by atoms with E-state index in [1.165, 1.54) is 17.1 Å². The molecule has 1 amide bonds. The van der Waals surface area contributed by atoms with E-state index in [2.05, 4.69) is 0 Å². The molecule has 1 heterocycles. The number of ether oxygens (including phenoxy) is 1. The molecule has 5 nitrogen and oxygen atoms in total. The van der Waals surface area contributed by atoms with Crippen LogP contribution in [0.5, 0.6) is 0 Å². The van der Waals surface area contributed by atoms with E-state index in [0.717, 1.165) is 0 Å². The predicted octanol–water partition coefficient (Wildman–Crippen LogP) is 0.723. The summed E-state index contributed by atoms with van der Waals surface area (Å²) in [5, 5.41) is 9.08. The molecular formula is C11H17NO4. The maximum absolute atomic E-state index is 11.7. The Morgan fingerprint density at radius 1 is 1.62 bits per heavy atom. The first-order valence-corrected chi connectivity index (χ1v) is 5.15. The monoisotopic (exact) mass is 227 g/mol. The van der Waals surface area contributed by atoms with Crippen LogP contribution in [0.4, 0.5) is 4.79 Å². The van der Waals surface area contributed by atoms with Gasteiger partial charge in [-0.2, -0.15) is 0 Å². The number of rotatable bonds is 1. The third kappa shape index (κ3) is 3.34. The van der Waals surface area contributed by atoms with Crippen molar-refractivity contribution in [2.45, 2.75) is 32.4 Å². The topological polar surface area (TPSA) is 66.8 Å². The Kier molecular flexibility index (Phi) is 3.70. The van der Waals surface area contributed by atoms with Gasteiger partial charge in [-0.05, 0) is 26.8 Å². The Balaban J connectivity index is 2.74. The summed E-state index contributed by atoms with van der Waals surface area (Å²) < 4.78 is 5.15. The number of carbonyl (C=O) groups excluding carboxylic acids is 2. The molecule has 0 fully saturated rings. The lowest BCUT2D eigenvalue weighted by atomic mass is 10.1. The Labute approximate surface area is 94.7 Å². The summed E-state index contributed by atoms with van der Waals surface area (Å²) in [6.45, 7) is 4.99. The van der Waals surface area contributed by atoms with E-state index in [4.69, 9.17) is 9.84 Å². The molecule has 0 unspecified atom stereocenters. The Morgan fingerprint density at radius 2 is 2.25 bits per heavy atom. The second kappa shape index (κ2) is 4.65. The van der Waals surface area contributed by atoms with Gasteiger partial charge in [-0.1, -0.05) is 6.08 Å². The highest BCUT2D eigenvalue weighted by atomic mass is 16.6. The number of ketones is 1. The first-order valence-electron chi connectivity index (χ1n) is 5.15. The maximum Gasteiger partial charge on any atom is 0.411 e. The molecule has 90 valence electrons. The molecule has 0 aromatic carbocycles. The molecular weight excluding hydrogens is 210 g/mol.